The summed E-state index contributed by atoms with van der Waals surface area (Å²) < 4.78 is 8.15. The molecule has 154 valence electrons. The Labute approximate surface area is 186 Å². The van der Waals surface area contributed by atoms with Crippen molar-refractivity contribution < 1.29 is 4.52 Å². The molecule has 8 heteroatoms. The lowest BCUT2D eigenvalue weighted by Crippen LogP contribution is -2.23. The van der Waals surface area contributed by atoms with Crippen molar-refractivity contribution in [3.63, 3.8) is 0 Å². The Bertz CT molecular complexity index is 1220. The SMILES string of the molecule is CCCCCn1c(SCc2nc(-c3cccc(Br)c3)no2)nc2ccccc2c1=O. The number of halogens is 1. The van der Waals surface area contributed by atoms with Gasteiger partial charge in [-0.1, -0.05) is 76.9 Å². The normalized spacial score (nSPS) is 11.3. The first-order valence-corrected chi connectivity index (χ1v) is 11.6. The van der Waals surface area contributed by atoms with Gasteiger partial charge in [-0.05, 0) is 30.7 Å². The molecule has 6 nitrogen and oxygen atoms in total. The van der Waals surface area contributed by atoms with Gasteiger partial charge in [0.2, 0.25) is 11.7 Å². The van der Waals surface area contributed by atoms with Crippen LogP contribution in [0.2, 0.25) is 0 Å². The van der Waals surface area contributed by atoms with Gasteiger partial charge in [0.1, 0.15) is 0 Å². The molecule has 4 aromatic rings. The number of fused-ring (bicyclic) bond motifs is 1. The molecule has 0 saturated carbocycles. The van der Waals surface area contributed by atoms with Gasteiger partial charge in [-0.2, -0.15) is 4.98 Å². The Morgan fingerprint density at radius 1 is 1.10 bits per heavy atom. The molecule has 0 radical (unpaired) electrons. The van der Waals surface area contributed by atoms with Gasteiger partial charge in [-0.3, -0.25) is 9.36 Å². The summed E-state index contributed by atoms with van der Waals surface area (Å²) >= 11 is 4.90. The van der Waals surface area contributed by atoms with E-state index in [0.717, 1.165) is 29.3 Å². The highest BCUT2D eigenvalue weighted by Gasteiger charge is 2.14. The molecule has 0 spiro atoms. The molecule has 0 amide bonds. The van der Waals surface area contributed by atoms with Gasteiger partial charge in [0.15, 0.2) is 5.16 Å². The van der Waals surface area contributed by atoms with Crippen LogP contribution < -0.4 is 5.56 Å². The molecule has 0 fully saturated rings. The zero-order valence-electron chi connectivity index (χ0n) is 16.5. The minimum absolute atomic E-state index is 0.000410. The average molecular weight is 485 g/mol. The molecule has 0 atom stereocenters. The molecule has 2 aromatic carbocycles. The van der Waals surface area contributed by atoms with Crippen molar-refractivity contribution in [1.29, 1.82) is 0 Å². The van der Waals surface area contributed by atoms with Crippen LogP contribution in [-0.2, 0) is 12.3 Å². The fourth-order valence-corrected chi connectivity index (χ4v) is 4.42. The number of aromatic nitrogens is 4. The van der Waals surface area contributed by atoms with Crippen LogP contribution in [0.25, 0.3) is 22.3 Å². The second kappa shape index (κ2) is 9.57. The number of para-hydroxylation sites is 1. The van der Waals surface area contributed by atoms with E-state index in [0.29, 0.717) is 40.1 Å². The second-order valence-electron chi connectivity index (χ2n) is 6.89. The fraction of sp³-hybridized carbons (Fsp3) is 0.273. The van der Waals surface area contributed by atoms with Crippen molar-refractivity contribution >= 4 is 38.6 Å². The summed E-state index contributed by atoms with van der Waals surface area (Å²) in [5.41, 5.74) is 1.58. The molecule has 30 heavy (non-hydrogen) atoms. The van der Waals surface area contributed by atoms with Crippen molar-refractivity contribution in [2.45, 2.75) is 43.6 Å². The number of thioether (sulfide) groups is 1. The first kappa shape index (κ1) is 20.8. The molecule has 0 saturated heterocycles. The van der Waals surface area contributed by atoms with E-state index in [1.807, 2.05) is 48.5 Å². The van der Waals surface area contributed by atoms with Crippen LogP contribution >= 0.6 is 27.7 Å². The summed E-state index contributed by atoms with van der Waals surface area (Å²) in [4.78, 5) is 22.3. The van der Waals surface area contributed by atoms with Crippen LogP contribution in [0, 0.1) is 0 Å². The lowest BCUT2D eigenvalue weighted by atomic mass is 10.2. The van der Waals surface area contributed by atoms with Crippen molar-refractivity contribution in [3.8, 4) is 11.4 Å². The van der Waals surface area contributed by atoms with Gasteiger partial charge in [-0.15, -0.1) is 0 Å². The van der Waals surface area contributed by atoms with Crippen LogP contribution in [0.4, 0.5) is 0 Å². The topological polar surface area (TPSA) is 73.8 Å². The monoisotopic (exact) mass is 484 g/mol. The second-order valence-corrected chi connectivity index (χ2v) is 8.74. The third kappa shape index (κ3) is 4.65. The quantitative estimate of drug-likeness (QED) is 0.181. The van der Waals surface area contributed by atoms with Crippen molar-refractivity contribution in [3.05, 3.63) is 69.2 Å². The van der Waals surface area contributed by atoms with E-state index in [1.54, 1.807) is 4.57 Å². The van der Waals surface area contributed by atoms with Gasteiger partial charge in [-0.25, -0.2) is 4.98 Å². The summed E-state index contributed by atoms with van der Waals surface area (Å²) in [6, 6.07) is 15.2. The van der Waals surface area contributed by atoms with E-state index in [9.17, 15) is 4.79 Å². The van der Waals surface area contributed by atoms with E-state index in [4.69, 9.17) is 9.51 Å². The van der Waals surface area contributed by atoms with Crippen LogP contribution in [0.5, 0.6) is 0 Å². The molecule has 0 unspecified atom stereocenters. The van der Waals surface area contributed by atoms with Gasteiger partial charge in [0.05, 0.1) is 16.7 Å². The Hall–Kier alpha value is -2.45. The zero-order chi connectivity index (χ0) is 20.9. The Morgan fingerprint density at radius 3 is 2.80 bits per heavy atom. The molecule has 0 bridgehead atoms. The first-order chi connectivity index (χ1) is 14.7. The lowest BCUT2D eigenvalue weighted by molar-refractivity contribution is 0.391. The number of hydrogen-bond donors (Lipinski definition) is 0. The molecule has 4 rings (SSSR count). The van der Waals surface area contributed by atoms with E-state index in [1.165, 1.54) is 11.8 Å². The van der Waals surface area contributed by atoms with E-state index < -0.39 is 0 Å². The summed E-state index contributed by atoms with van der Waals surface area (Å²) in [6.45, 7) is 2.80. The molecular formula is C22H21BrN4O2S. The van der Waals surface area contributed by atoms with Gasteiger partial charge < -0.3 is 4.52 Å². The Morgan fingerprint density at radius 2 is 1.97 bits per heavy atom. The molecule has 2 heterocycles. The molecule has 0 aliphatic rings. The molecular weight excluding hydrogens is 464 g/mol. The summed E-state index contributed by atoms with van der Waals surface area (Å²) in [5, 5.41) is 5.41. The standard InChI is InChI=1S/C22H21BrN4O2S/c1-2-3-6-12-27-21(28)17-10-4-5-11-18(17)24-22(27)30-14-19-25-20(26-29-19)15-8-7-9-16(23)13-15/h4-5,7-11,13H,2-3,6,12,14H2,1H3. The maximum atomic E-state index is 13.0. The molecule has 2 aromatic heterocycles. The first-order valence-electron chi connectivity index (χ1n) is 9.86. The molecule has 0 N–H and O–H groups in total. The minimum Gasteiger partial charge on any atom is -0.338 e. The third-order valence-electron chi connectivity index (χ3n) is 4.69. The maximum absolute atomic E-state index is 13.0. The highest BCUT2D eigenvalue weighted by atomic mass is 79.9. The fourth-order valence-electron chi connectivity index (χ4n) is 3.16. The van der Waals surface area contributed by atoms with E-state index >= 15 is 0 Å². The highest BCUT2D eigenvalue weighted by Crippen LogP contribution is 2.25. The predicted molar refractivity (Wildman–Crippen MR) is 123 cm³/mol. The largest absolute Gasteiger partial charge is 0.338 e. The highest BCUT2D eigenvalue weighted by molar-refractivity contribution is 9.10. The van der Waals surface area contributed by atoms with E-state index in [-0.39, 0.29) is 5.56 Å². The third-order valence-corrected chi connectivity index (χ3v) is 6.14. The number of rotatable bonds is 8. The van der Waals surface area contributed by atoms with Gasteiger partial charge in [0, 0.05) is 16.6 Å². The van der Waals surface area contributed by atoms with Gasteiger partial charge >= 0.3 is 0 Å². The van der Waals surface area contributed by atoms with Crippen LogP contribution in [0.15, 0.2) is 67.5 Å². The summed E-state index contributed by atoms with van der Waals surface area (Å²) in [6.07, 6.45) is 3.11. The Kier molecular flexibility index (Phi) is 6.64. The number of unbranched alkanes of at least 4 members (excludes halogenated alkanes) is 2. The zero-order valence-corrected chi connectivity index (χ0v) is 18.9. The number of hydrogen-bond acceptors (Lipinski definition) is 6. The number of benzene rings is 2. The van der Waals surface area contributed by atoms with Gasteiger partial charge in [0.25, 0.3) is 5.56 Å². The van der Waals surface area contributed by atoms with Crippen molar-refractivity contribution in [2.24, 2.45) is 0 Å². The van der Waals surface area contributed by atoms with Crippen LogP contribution in [-0.4, -0.2) is 19.7 Å². The number of nitrogens with zero attached hydrogens (tertiary/aromatic N) is 4. The van der Waals surface area contributed by atoms with E-state index in [2.05, 4.69) is 33.0 Å². The maximum Gasteiger partial charge on any atom is 0.262 e. The summed E-state index contributed by atoms with van der Waals surface area (Å²) in [5.74, 6) is 1.48. The smallest absolute Gasteiger partial charge is 0.262 e. The van der Waals surface area contributed by atoms with Crippen LogP contribution in [0.1, 0.15) is 32.1 Å². The van der Waals surface area contributed by atoms with Crippen LogP contribution in [0.3, 0.4) is 0 Å². The predicted octanol–water partition coefficient (Wildman–Crippen LogP) is 5.69. The molecule has 0 aliphatic heterocycles. The summed E-state index contributed by atoms with van der Waals surface area (Å²) in [7, 11) is 0. The van der Waals surface area contributed by atoms with Crippen molar-refractivity contribution in [2.75, 3.05) is 0 Å². The Balaban J connectivity index is 1.59. The minimum atomic E-state index is -0.000410. The van der Waals surface area contributed by atoms with Crippen molar-refractivity contribution in [1.82, 2.24) is 19.7 Å². The average Bonchev–Trinajstić information content (AvgIpc) is 3.23. The lowest BCUT2D eigenvalue weighted by Gasteiger charge is -2.12. The molecule has 0 aliphatic carbocycles.